The Bertz CT molecular complexity index is 725. The third-order valence-corrected chi connectivity index (χ3v) is 3.21. The Labute approximate surface area is 118 Å². The van der Waals surface area contributed by atoms with Crippen LogP contribution >= 0.6 is 23.2 Å². The van der Waals surface area contributed by atoms with Crippen LogP contribution in [0.1, 0.15) is 16.1 Å². The van der Waals surface area contributed by atoms with Gasteiger partial charge < -0.3 is 5.11 Å². The van der Waals surface area contributed by atoms with E-state index in [1.807, 2.05) is 0 Å². The van der Waals surface area contributed by atoms with Gasteiger partial charge >= 0.3 is 5.97 Å². The van der Waals surface area contributed by atoms with Crippen LogP contribution < -0.4 is 5.43 Å². The van der Waals surface area contributed by atoms with Crippen LogP contribution in [-0.2, 0) is 0 Å². The molecule has 98 valence electrons. The zero-order valence-corrected chi connectivity index (χ0v) is 11.2. The minimum Gasteiger partial charge on any atom is -0.476 e. The number of aromatic nitrogens is 2. The lowest BCUT2D eigenvalue weighted by Crippen LogP contribution is -2.23. The lowest BCUT2D eigenvalue weighted by atomic mass is 10.2. The third kappa shape index (κ3) is 2.62. The monoisotopic (exact) mass is 298 g/mol. The van der Waals surface area contributed by atoms with E-state index in [1.165, 1.54) is 23.9 Å². The van der Waals surface area contributed by atoms with E-state index in [1.54, 1.807) is 12.1 Å². The summed E-state index contributed by atoms with van der Waals surface area (Å²) >= 11 is 11.7. The minimum atomic E-state index is -1.37. The van der Waals surface area contributed by atoms with Gasteiger partial charge in [0.15, 0.2) is 0 Å². The van der Waals surface area contributed by atoms with E-state index in [0.717, 1.165) is 0 Å². The summed E-state index contributed by atoms with van der Waals surface area (Å²) in [6, 6.07) is 4.72. The van der Waals surface area contributed by atoms with Gasteiger partial charge in [-0.1, -0.05) is 23.2 Å². The molecule has 1 aromatic heterocycles. The number of carbonyl (C=O) groups is 1. The van der Waals surface area contributed by atoms with Crippen molar-refractivity contribution in [3.05, 3.63) is 55.9 Å². The van der Waals surface area contributed by atoms with Crippen molar-refractivity contribution < 1.29 is 9.90 Å². The second kappa shape index (κ2) is 5.03. The summed E-state index contributed by atoms with van der Waals surface area (Å²) < 4.78 is 1.28. The van der Waals surface area contributed by atoms with Crippen molar-refractivity contribution in [2.75, 3.05) is 0 Å². The maximum absolute atomic E-state index is 11.6. The molecule has 2 rings (SSSR count). The quantitative estimate of drug-likeness (QED) is 0.925. The number of rotatable bonds is 2. The Hall–Kier alpha value is -1.85. The number of hydrogen-bond acceptors (Lipinski definition) is 3. The van der Waals surface area contributed by atoms with Crippen LogP contribution in [0, 0.1) is 6.92 Å². The maximum atomic E-state index is 11.6. The molecule has 0 spiro atoms. The summed E-state index contributed by atoms with van der Waals surface area (Å²) in [5, 5.41) is 13.4. The molecule has 0 radical (unpaired) electrons. The van der Waals surface area contributed by atoms with Crippen molar-refractivity contribution in [3.63, 3.8) is 0 Å². The van der Waals surface area contributed by atoms with Crippen molar-refractivity contribution in [2.45, 2.75) is 6.92 Å². The topological polar surface area (TPSA) is 72.2 Å². The van der Waals surface area contributed by atoms with Gasteiger partial charge in [-0.3, -0.25) is 4.79 Å². The molecule has 0 fully saturated rings. The number of halogens is 2. The first kappa shape index (κ1) is 13.6. The number of carboxylic acids is 1. The van der Waals surface area contributed by atoms with Crippen LogP contribution in [0.15, 0.2) is 29.2 Å². The Kier molecular flexibility index (Phi) is 3.59. The number of nitrogens with zero attached hydrogens (tertiary/aromatic N) is 2. The highest BCUT2D eigenvalue weighted by Crippen LogP contribution is 2.24. The first-order valence-corrected chi connectivity index (χ1v) is 5.95. The van der Waals surface area contributed by atoms with Crippen molar-refractivity contribution in [1.29, 1.82) is 0 Å². The fourth-order valence-electron chi connectivity index (χ4n) is 1.51. The van der Waals surface area contributed by atoms with Gasteiger partial charge in [-0.15, -0.1) is 0 Å². The molecule has 2 aromatic rings. The van der Waals surface area contributed by atoms with E-state index in [9.17, 15) is 9.59 Å². The second-order valence-corrected chi connectivity index (χ2v) is 4.65. The standard InChI is InChI=1S/C12H8Cl2N2O3/c1-6-5-16(15-10(11(6)17)12(18)19)7-2-3-8(13)9(14)4-7/h2-5H,1H3,(H,18,19). The van der Waals surface area contributed by atoms with Gasteiger partial charge in [0, 0.05) is 11.8 Å². The molecule has 5 nitrogen and oxygen atoms in total. The molecule has 0 aliphatic carbocycles. The van der Waals surface area contributed by atoms with Crippen molar-refractivity contribution >= 4 is 29.2 Å². The predicted molar refractivity (Wildman–Crippen MR) is 71.6 cm³/mol. The number of aromatic carboxylic acids is 1. The van der Waals surface area contributed by atoms with Gasteiger partial charge in [-0.2, -0.15) is 5.10 Å². The first-order valence-electron chi connectivity index (χ1n) is 5.19. The van der Waals surface area contributed by atoms with Crippen LogP contribution in [0.5, 0.6) is 0 Å². The molecule has 1 heterocycles. The smallest absolute Gasteiger partial charge is 0.360 e. The zero-order chi connectivity index (χ0) is 14.2. The summed E-state index contributed by atoms with van der Waals surface area (Å²) in [5.74, 6) is -1.37. The van der Waals surface area contributed by atoms with E-state index >= 15 is 0 Å². The molecular formula is C12H8Cl2N2O3. The molecule has 0 bridgehead atoms. The van der Waals surface area contributed by atoms with Crippen LogP contribution in [0.25, 0.3) is 5.69 Å². The van der Waals surface area contributed by atoms with E-state index in [-0.39, 0.29) is 5.56 Å². The predicted octanol–water partition coefficient (Wildman–Crippen LogP) is 2.55. The summed E-state index contributed by atoms with van der Waals surface area (Å²) in [4.78, 5) is 22.6. The van der Waals surface area contributed by atoms with Gasteiger partial charge in [-0.05, 0) is 25.1 Å². The lowest BCUT2D eigenvalue weighted by molar-refractivity contribution is 0.0686. The molecule has 19 heavy (non-hydrogen) atoms. The number of benzene rings is 1. The molecule has 0 amide bonds. The van der Waals surface area contributed by atoms with E-state index in [4.69, 9.17) is 28.3 Å². The Morgan fingerprint density at radius 1 is 1.32 bits per heavy atom. The Morgan fingerprint density at radius 2 is 2.00 bits per heavy atom. The fourth-order valence-corrected chi connectivity index (χ4v) is 1.80. The normalized spacial score (nSPS) is 10.5. The highest BCUT2D eigenvalue weighted by molar-refractivity contribution is 6.42. The van der Waals surface area contributed by atoms with Gasteiger partial charge in [-0.25, -0.2) is 9.48 Å². The number of aryl methyl sites for hydroxylation is 1. The van der Waals surface area contributed by atoms with Crippen LogP contribution in [-0.4, -0.2) is 20.9 Å². The maximum Gasteiger partial charge on any atom is 0.360 e. The molecule has 7 heteroatoms. The fraction of sp³-hybridized carbons (Fsp3) is 0.0833. The summed E-state index contributed by atoms with van der Waals surface area (Å²) in [7, 11) is 0. The van der Waals surface area contributed by atoms with Crippen LogP contribution in [0.4, 0.5) is 0 Å². The molecule has 0 aliphatic rings. The van der Waals surface area contributed by atoms with Gasteiger partial charge in [0.05, 0.1) is 15.7 Å². The molecular weight excluding hydrogens is 291 g/mol. The van der Waals surface area contributed by atoms with Gasteiger partial charge in [0.1, 0.15) is 0 Å². The van der Waals surface area contributed by atoms with Crippen molar-refractivity contribution in [2.24, 2.45) is 0 Å². The SMILES string of the molecule is Cc1cn(-c2ccc(Cl)c(Cl)c2)nc(C(=O)O)c1=O. The largest absolute Gasteiger partial charge is 0.476 e. The van der Waals surface area contributed by atoms with Crippen LogP contribution in [0.2, 0.25) is 10.0 Å². The highest BCUT2D eigenvalue weighted by Gasteiger charge is 2.14. The Balaban J connectivity index is 2.66. The van der Waals surface area contributed by atoms with E-state index in [2.05, 4.69) is 5.10 Å². The first-order chi connectivity index (χ1) is 8.90. The average molecular weight is 299 g/mol. The van der Waals surface area contributed by atoms with Crippen LogP contribution in [0.3, 0.4) is 0 Å². The zero-order valence-electron chi connectivity index (χ0n) is 9.72. The lowest BCUT2D eigenvalue weighted by Gasteiger charge is -2.08. The van der Waals surface area contributed by atoms with E-state index in [0.29, 0.717) is 15.7 Å². The highest BCUT2D eigenvalue weighted by atomic mass is 35.5. The third-order valence-electron chi connectivity index (χ3n) is 2.47. The summed E-state index contributed by atoms with van der Waals surface area (Å²) in [5.41, 5.74) is -0.353. The number of hydrogen-bond donors (Lipinski definition) is 1. The molecule has 1 N–H and O–H groups in total. The summed E-state index contributed by atoms with van der Waals surface area (Å²) in [6.45, 7) is 1.52. The van der Waals surface area contributed by atoms with E-state index < -0.39 is 17.1 Å². The molecule has 0 saturated carbocycles. The van der Waals surface area contributed by atoms with Gasteiger partial charge in [0.2, 0.25) is 11.1 Å². The molecule has 0 saturated heterocycles. The van der Waals surface area contributed by atoms with Crippen molar-refractivity contribution in [3.8, 4) is 5.69 Å². The summed E-state index contributed by atoms with van der Waals surface area (Å²) in [6.07, 6.45) is 1.44. The Morgan fingerprint density at radius 3 is 2.58 bits per heavy atom. The van der Waals surface area contributed by atoms with Crippen molar-refractivity contribution in [1.82, 2.24) is 9.78 Å². The average Bonchev–Trinajstić information content (AvgIpc) is 2.35. The second-order valence-electron chi connectivity index (χ2n) is 3.84. The van der Waals surface area contributed by atoms with Gasteiger partial charge in [0.25, 0.3) is 0 Å². The molecule has 0 unspecified atom stereocenters. The molecule has 1 aromatic carbocycles. The number of carboxylic acid groups (broad SMARTS) is 1. The minimum absolute atomic E-state index is 0.276. The molecule has 0 atom stereocenters. The molecule has 0 aliphatic heterocycles.